The van der Waals surface area contributed by atoms with E-state index < -0.39 is 17.3 Å². The van der Waals surface area contributed by atoms with Gasteiger partial charge in [-0.2, -0.15) is 22.9 Å². The average Bonchev–Trinajstić information content (AvgIpc) is 3.00. The predicted molar refractivity (Wildman–Crippen MR) is 162 cm³/mol. The van der Waals surface area contributed by atoms with E-state index in [2.05, 4.69) is 16.7 Å². The normalized spacial score (nSPS) is 11.7. The molecule has 4 aromatic carbocycles. The molecule has 1 aromatic heterocycles. The van der Waals surface area contributed by atoms with Gasteiger partial charge >= 0.3 is 6.18 Å². The summed E-state index contributed by atoms with van der Waals surface area (Å²) in [7, 11) is 1.51. The first kappa shape index (κ1) is 29.6. The molecule has 0 saturated carbocycles. The average molecular weight is 604 g/mol. The SMILES string of the molecule is C=CCc1cc(C=Nn2c(-c3cccc(C(F)(F)F)c3)nc3ccccc3c2=O)cc(OC)c1OCc1ccc(Cl)cc1. The molecule has 10 heteroatoms. The summed E-state index contributed by atoms with van der Waals surface area (Å²) in [4.78, 5) is 18.0. The molecule has 43 heavy (non-hydrogen) atoms. The molecule has 0 N–H and O–H groups in total. The van der Waals surface area contributed by atoms with Crippen LogP contribution in [-0.2, 0) is 19.2 Å². The quantitative estimate of drug-likeness (QED) is 0.127. The summed E-state index contributed by atoms with van der Waals surface area (Å²) < 4.78 is 53.3. The molecule has 0 amide bonds. The highest BCUT2D eigenvalue weighted by Crippen LogP contribution is 2.35. The maximum absolute atomic E-state index is 13.5. The van der Waals surface area contributed by atoms with Crippen LogP contribution >= 0.6 is 11.6 Å². The molecule has 0 fully saturated rings. The number of aromatic nitrogens is 2. The number of para-hydroxylation sites is 1. The zero-order valence-electron chi connectivity index (χ0n) is 22.9. The van der Waals surface area contributed by atoms with Crippen molar-refractivity contribution in [3.63, 3.8) is 0 Å². The molecule has 0 aliphatic heterocycles. The van der Waals surface area contributed by atoms with Gasteiger partial charge in [-0.25, -0.2) is 4.98 Å². The predicted octanol–water partition coefficient (Wildman–Crippen LogP) is 7.93. The lowest BCUT2D eigenvalue weighted by atomic mass is 10.1. The summed E-state index contributed by atoms with van der Waals surface area (Å²) in [5.74, 6) is 0.910. The fraction of sp³-hybridized carbons (Fsp3) is 0.121. The molecule has 5 rings (SSSR count). The number of nitrogens with zero attached hydrogens (tertiary/aromatic N) is 3. The molecule has 1 heterocycles. The van der Waals surface area contributed by atoms with E-state index >= 15 is 0 Å². The van der Waals surface area contributed by atoms with E-state index in [1.165, 1.54) is 25.5 Å². The van der Waals surface area contributed by atoms with Gasteiger partial charge in [-0.15, -0.1) is 6.58 Å². The molecular weight excluding hydrogens is 579 g/mol. The summed E-state index contributed by atoms with van der Waals surface area (Å²) in [6, 6.07) is 22.0. The molecule has 0 saturated heterocycles. The first-order chi connectivity index (χ1) is 20.7. The standard InChI is InChI=1S/C33H25ClF3N3O3/c1-3-7-23-16-22(17-29(42-2)30(23)43-20-21-12-14-26(34)15-13-21)19-38-40-31(24-8-6-9-25(18-24)33(35,36)37)39-28-11-5-4-10-27(28)32(40)41/h3-6,8-19H,1,7,20H2,2H3. The Morgan fingerprint density at radius 2 is 1.79 bits per heavy atom. The number of hydrogen-bond acceptors (Lipinski definition) is 5. The summed E-state index contributed by atoms with van der Waals surface area (Å²) >= 11 is 5.99. The number of fused-ring (bicyclic) bond motifs is 1. The minimum absolute atomic E-state index is 0.0350. The monoisotopic (exact) mass is 603 g/mol. The third-order valence-electron chi connectivity index (χ3n) is 6.56. The number of alkyl halides is 3. The highest BCUT2D eigenvalue weighted by atomic mass is 35.5. The highest BCUT2D eigenvalue weighted by molar-refractivity contribution is 6.30. The topological polar surface area (TPSA) is 65.7 Å². The zero-order valence-corrected chi connectivity index (χ0v) is 23.7. The molecule has 0 aliphatic carbocycles. The van der Waals surface area contributed by atoms with Crippen molar-refractivity contribution >= 4 is 28.7 Å². The van der Waals surface area contributed by atoms with Gasteiger partial charge in [-0.05, 0) is 66.1 Å². The van der Waals surface area contributed by atoms with Crippen molar-refractivity contribution in [3.05, 3.63) is 135 Å². The fourth-order valence-corrected chi connectivity index (χ4v) is 4.62. The van der Waals surface area contributed by atoms with Crippen LogP contribution in [0.15, 0.2) is 107 Å². The number of ether oxygens (including phenoxy) is 2. The van der Waals surface area contributed by atoms with Gasteiger partial charge in [0.1, 0.15) is 6.61 Å². The van der Waals surface area contributed by atoms with Gasteiger partial charge in [0, 0.05) is 16.1 Å². The van der Waals surface area contributed by atoms with E-state index in [-0.39, 0.29) is 23.4 Å². The second-order valence-electron chi connectivity index (χ2n) is 9.51. The van der Waals surface area contributed by atoms with Crippen LogP contribution in [0.3, 0.4) is 0 Å². The highest BCUT2D eigenvalue weighted by Gasteiger charge is 2.31. The second-order valence-corrected chi connectivity index (χ2v) is 9.95. The Bertz CT molecular complexity index is 1880. The zero-order chi connectivity index (χ0) is 30.6. The minimum atomic E-state index is -4.57. The fourth-order valence-electron chi connectivity index (χ4n) is 4.49. The number of hydrogen-bond donors (Lipinski definition) is 0. The van der Waals surface area contributed by atoms with E-state index in [0.29, 0.717) is 34.0 Å². The number of methoxy groups -OCH3 is 1. The molecule has 6 nitrogen and oxygen atoms in total. The van der Waals surface area contributed by atoms with Gasteiger partial charge in [0.2, 0.25) is 0 Å². The van der Waals surface area contributed by atoms with Crippen LogP contribution < -0.4 is 15.0 Å². The molecular formula is C33H25ClF3N3O3. The Kier molecular flexibility index (Phi) is 8.63. The first-order valence-corrected chi connectivity index (χ1v) is 13.5. The van der Waals surface area contributed by atoms with Crippen molar-refractivity contribution in [2.45, 2.75) is 19.2 Å². The van der Waals surface area contributed by atoms with E-state index in [9.17, 15) is 18.0 Å². The summed E-state index contributed by atoms with van der Waals surface area (Å²) in [6.07, 6.45) is -0.987. The summed E-state index contributed by atoms with van der Waals surface area (Å²) in [6.45, 7) is 4.10. The van der Waals surface area contributed by atoms with Crippen molar-refractivity contribution in [2.24, 2.45) is 5.10 Å². The Balaban J connectivity index is 1.58. The number of halogens is 4. The van der Waals surface area contributed by atoms with Crippen molar-refractivity contribution < 1.29 is 22.6 Å². The van der Waals surface area contributed by atoms with Crippen LogP contribution in [0.1, 0.15) is 22.3 Å². The molecule has 0 bridgehead atoms. The van der Waals surface area contributed by atoms with Gasteiger partial charge in [-0.1, -0.05) is 54.1 Å². The van der Waals surface area contributed by atoms with Crippen molar-refractivity contribution in [3.8, 4) is 22.9 Å². The molecule has 218 valence electrons. The van der Waals surface area contributed by atoms with Gasteiger partial charge in [0.25, 0.3) is 5.56 Å². The smallest absolute Gasteiger partial charge is 0.416 e. The number of benzene rings is 4. The molecule has 5 aromatic rings. The van der Waals surface area contributed by atoms with Gasteiger partial charge in [0.05, 0.1) is 29.8 Å². The molecule has 0 spiro atoms. The Morgan fingerprint density at radius 3 is 2.51 bits per heavy atom. The Hall–Kier alpha value is -4.89. The lowest BCUT2D eigenvalue weighted by molar-refractivity contribution is -0.137. The molecule has 0 atom stereocenters. The lowest BCUT2D eigenvalue weighted by Gasteiger charge is -2.16. The molecule has 0 radical (unpaired) electrons. The summed E-state index contributed by atoms with van der Waals surface area (Å²) in [5, 5.41) is 5.29. The van der Waals surface area contributed by atoms with Crippen molar-refractivity contribution in [2.75, 3.05) is 7.11 Å². The number of allylic oxidation sites excluding steroid dienone is 1. The largest absolute Gasteiger partial charge is 0.493 e. The maximum atomic E-state index is 13.5. The van der Waals surface area contributed by atoms with E-state index in [1.54, 1.807) is 48.5 Å². The molecule has 0 aliphatic rings. The van der Waals surface area contributed by atoms with Gasteiger partial charge < -0.3 is 9.47 Å². The Morgan fingerprint density at radius 1 is 1.02 bits per heavy atom. The Labute approximate surface area is 250 Å². The van der Waals surface area contributed by atoms with Crippen LogP contribution in [0.4, 0.5) is 13.2 Å². The lowest BCUT2D eigenvalue weighted by Crippen LogP contribution is -2.20. The van der Waals surface area contributed by atoms with Crippen LogP contribution in [-0.4, -0.2) is 23.0 Å². The summed E-state index contributed by atoms with van der Waals surface area (Å²) in [5.41, 5.74) is 1.25. The maximum Gasteiger partial charge on any atom is 0.416 e. The third kappa shape index (κ3) is 6.62. The third-order valence-corrected chi connectivity index (χ3v) is 6.81. The van der Waals surface area contributed by atoms with Crippen LogP contribution in [0, 0.1) is 0 Å². The molecule has 0 unspecified atom stereocenters. The van der Waals surface area contributed by atoms with Crippen molar-refractivity contribution in [1.29, 1.82) is 0 Å². The van der Waals surface area contributed by atoms with Gasteiger partial charge in [0.15, 0.2) is 17.3 Å². The number of rotatable bonds is 9. The minimum Gasteiger partial charge on any atom is -0.493 e. The van der Waals surface area contributed by atoms with E-state index in [0.717, 1.165) is 27.9 Å². The van der Waals surface area contributed by atoms with Crippen LogP contribution in [0.5, 0.6) is 11.5 Å². The van der Waals surface area contributed by atoms with E-state index in [1.807, 2.05) is 18.2 Å². The first-order valence-electron chi connectivity index (χ1n) is 13.1. The van der Waals surface area contributed by atoms with E-state index in [4.69, 9.17) is 21.1 Å². The van der Waals surface area contributed by atoms with Crippen LogP contribution in [0.25, 0.3) is 22.3 Å². The van der Waals surface area contributed by atoms with Crippen molar-refractivity contribution in [1.82, 2.24) is 9.66 Å². The van der Waals surface area contributed by atoms with Crippen LogP contribution in [0.2, 0.25) is 5.02 Å². The van der Waals surface area contributed by atoms with Gasteiger partial charge in [-0.3, -0.25) is 4.79 Å². The second kappa shape index (κ2) is 12.5.